The summed E-state index contributed by atoms with van der Waals surface area (Å²) in [6.45, 7) is 13.6. The molecule has 2 aliphatic heterocycles. The SMILES string of the molecule is CC(C)N1CCCC(CN2CCCNCC2)C1. The Morgan fingerprint density at radius 3 is 2.82 bits per heavy atom. The van der Waals surface area contributed by atoms with Crippen molar-refractivity contribution in [1.82, 2.24) is 15.1 Å². The van der Waals surface area contributed by atoms with Crippen molar-refractivity contribution in [3.63, 3.8) is 0 Å². The Kier molecular flexibility index (Phi) is 5.26. The standard InChI is InChI=1S/C14H29N3/c1-13(2)17-9-3-5-14(12-17)11-16-8-4-6-15-7-10-16/h13-15H,3-12H2,1-2H3. The van der Waals surface area contributed by atoms with E-state index in [2.05, 4.69) is 29.0 Å². The van der Waals surface area contributed by atoms with Crippen molar-refractivity contribution in [3.05, 3.63) is 0 Å². The van der Waals surface area contributed by atoms with Gasteiger partial charge in [0.05, 0.1) is 0 Å². The lowest BCUT2D eigenvalue weighted by Crippen LogP contribution is -2.44. The summed E-state index contributed by atoms with van der Waals surface area (Å²) in [5, 5.41) is 3.49. The largest absolute Gasteiger partial charge is 0.315 e. The Morgan fingerprint density at radius 2 is 2.00 bits per heavy atom. The molecule has 0 bridgehead atoms. The molecule has 2 saturated heterocycles. The number of nitrogens with one attached hydrogen (secondary N) is 1. The van der Waals surface area contributed by atoms with E-state index in [9.17, 15) is 0 Å². The van der Waals surface area contributed by atoms with Gasteiger partial charge in [-0.15, -0.1) is 0 Å². The van der Waals surface area contributed by atoms with Crippen molar-refractivity contribution < 1.29 is 0 Å². The molecule has 3 nitrogen and oxygen atoms in total. The second-order valence-electron chi connectivity index (χ2n) is 6.00. The molecular formula is C14H29N3. The zero-order valence-electron chi connectivity index (χ0n) is 11.6. The third kappa shape index (κ3) is 4.23. The average Bonchev–Trinajstić information content (AvgIpc) is 2.58. The fourth-order valence-corrected chi connectivity index (χ4v) is 3.16. The van der Waals surface area contributed by atoms with Gasteiger partial charge in [-0.2, -0.15) is 0 Å². The van der Waals surface area contributed by atoms with Crippen molar-refractivity contribution >= 4 is 0 Å². The summed E-state index contributed by atoms with van der Waals surface area (Å²) in [4.78, 5) is 5.33. The minimum absolute atomic E-state index is 0.726. The number of hydrogen-bond acceptors (Lipinski definition) is 3. The monoisotopic (exact) mass is 239 g/mol. The molecule has 17 heavy (non-hydrogen) atoms. The molecule has 2 heterocycles. The van der Waals surface area contributed by atoms with Gasteiger partial charge in [-0.3, -0.25) is 0 Å². The van der Waals surface area contributed by atoms with Crippen LogP contribution in [0.2, 0.25) is 0 Å². The Hall–Kier alpha value is -0.120. The second kappa shape index (κ2) is 6.72. The quantitative estimate of drug-likeness (QED) is 0.803. The van der Waals surface area contributed by atoms with Crippen molar-refractivity contribution in [2.45, 2.75) is 39.2 Å². The summed E-state index contributed by atoms with van der Waals surface area (Å²) in [5.74, 6) is 0.907. The summed E-state index contributed by atoms with van der Waals surface area (Å²) in [7, 11) is 0. The van der Waals surface area contributed by atoms with Crippen LogP contribution in [0.1, 0.15) is 33.1 Å². The van der Waals surface area contributed by atoms with Crippen LogP contribution in [-0.2, 0) is 0 Å². The van der Waals surface area contributed by atoms with Crippen LogP contribution in [0, 0.1) is 5.92 Å². The molecule has 2 aliphatic rings. The first kappa shape index (κ1) is 13.3. The van der Waals surface area contributed by atoms with Gasteiger partial charge in [0, 0.05) is 32.2 Å². The van der Waals surface area contributed by atoms with Crippen molar-refractivity contribution in [3.8, 4) is 0 Å². The van der Waals surface area contributed by atoms with Gasteiger partial charge in [-0.25, -0.2) is 0 Å². The fourth-order valence-electron chi connectivity index (χ4n) is 3.16. The van der Waals surface area contributed by atoms with Crippen LogP contribution >= 0.6 is 0 Å². The molecule has 0 aliphatic carbocycles. The van der Waals surface area contributed by atoms with E-state index in [1.54, 1.807) is 0 Å². The molecular weight excluding hydrogens is 210 g/mol. The molecule has 0 aromatic carbocycles. The molecule has 3 heteroatoms. The Balaban J connectivity index is 1.77. The molecule has 1 atom stereocenters. The highest BCUT2D eigenvalue weighted by molar-refractivity contribution is 4.78. The number of hydrogen-bond donors (Lipinski definition) is 1. The van der Waals surface area contributed by atoms with Gasteiger partial charge in [0.2, 0.25) is 0 Å². The lowest BCUT2D eigenvalue weighted by atomic mass is 9.96. The van der Waals surface area contributed by atoms with E-state index in [1.165, 1.54) is 65.1 Å². The van der Waals surface area contributed by atoms with Crippen LogP contribution in [0.4, 0.5) is 0 Å². The maximum Gasteiger partial charge on any atom is 0.0107 e. The van der Waals surface area contributed by atoms with Crippen LogP contribution < -0.4 is 5.32 Å². The Labute approximate surface area is 107 Å². The highest BCUT2D eigenvalue weighted by Gasteiger charge is 2.23. The maximum absolute atomic E-state index is 3.49. The third-order valence-electron chi connectivity index (χ3n) is 4.23. The predicted octanol–water partition coefficient (Wildman–Crippen LogP) is 1.40. The van der Waals surface area contributed by atoms with E-state index < -0.39 is 0 Å². The van der Waals surface area contributed by atoms with E-state index in [0.717, 1.165) is 12.0 Å². The zero-order chi connectivity index (χ0) is 12.1. The lowest BCUT2D eigenvalue weighted by Gasteiger charge is -2.37. The molecule has 2 rings (SSSR count). The van der Waals surface area contributed by atoms with Crippen molar-refractivity contribution in [2.75, 3.05) is 45.8 Å². The second-order valence-corrected chi connectivity index (χ2v) is 6.00. The van der Waals surface area contributed by atoms with E-state index in [4.69, 9.17) is 0 Å². The van der Waals surface area contributed by atoms with Crippen LogP contribution in [0.5, 0.6) is 0 Å². The smallest absolute Gasteiger partial charge is 0.0107 e. The van der Waals surface area contributed by atoms with Crippen LogP contribution in [-0.4, -0.2) is 61.7 Å². The van der Waals surface area contributed by atoms with Gasteiger partial charge >= 0.3 is 0 Å². The highest BCUT2D eigenvalue weighted by Crippen LogP contribution is 2.19. The molecule has 0 saturated carbocycles. The van der Waals surface area contributed by atoms with Crippen LogP contribution in [0.25, 0.3) is 0 Å². The van der Waals surface area contributed by atoms with Gasteiger partial charge in [0.25, 0.3) is 0 Å². The lowest BCUT2D eigenvalue weighted by molar-refractivity contribution is 0.112. The predicted molar refractivity (Wildman–Crippen MR) is 73.4 cm³/mol. The average molecular weight is 239 g/mol. The first-order chi connectivity index (χ1) is 8.25. The number of likely N-dealkylation sites (tertiary alicyclic amines) is 1. The highest BCUT2D eigenvalue weighted by atomic mass is 15.2. The van der Waals surface area contributed by atoms with Gasteiger partial charge in [0.15, 0.2) is 0 Å². The topological polar surface area (TPSA) is 18.5 Å². The van der Waals surface area contributed by atoms with Crippen molar-refractivity contribution in [1.29, 1.82) is 0 Å². The minimum Gasteiger partial charge on any atom is -0.315 e. The van der Waals surface area contributed by atoms with Crippen molar-refractivity contribution in [2.24, 2.45) is 5.92 Å². The summed E-state index contributed by atoms with van der Waals surface area (Å²) in [6, 6.07) is 0.726. The zero-order valence-corrected chi connectivity index (χ0v) is 11.6. The maximum atomic E-state index is 3.49. The first-order valence-electron chi connectivity index (χ1n) is 7.43. The van der Waals surface area contributed by atoms with E-state index in [1.807, 2.05) is 0 Å². The molecule has 1 unspecified atom stereocenters. The van der Waals surface area contributed by atoms with Crippen LogP contribution in [0.15, 0.2) is 0 Å². The fraction of sp³-hybridized carbons (Fsp3) is 1.00. The van der Waals surface area contributed by atoms with Crippen LogP contribution in [0.3, 0.4) is 0 Å². The van der Waals surface area contributed by atoms with Gasteiger partial charge in [-0.1, -0.05) is 0 Å². The molecule has 0 radical (unpaired) electrons. The van der Waals surface area contributed by atoms with Gasteiger partial charge in [0.1, 0.15) is 0 Å². The van der Waals surface area contributed by atoms with E-state index in [-0.39, 0.29) is 0 Å². The van der Waals surface area contributed by atoms with Gasteiger partial charge in [-0.05, 0) is 58.7 Å². The Morgan fingerprint density at radius 1 is 1.12 bits per heavy atom. The molecule has 0 aromatic heterocycles. The Bertz CT molecular complexity index is 210. The molecule has 0 spiro atoms. The third-order valence-corrected chi connectivity index (χ3v) is 4.23. The van der Waals surface area contributed by atoms with Gasteiger partial charge < -0.3 is 15.1 Å². The molecule has 1 N–H and O–H groups in total. The summed E-state index contributed by atoms with van der Waals surface area (Å²) >= 11 is 0. The van der Waals surface area contributed by atoms with E-state index in [0.29, 0.717) is 0 Å². The summed E-state index contributed by atoms with van der Waals surface area (Å²) in [6.07, 6.45) is 4.16. The number of piperidine rings is 1. The molecule has 0 amide bonds. The number of rotatable bonds is 3. The first-order valence-corrected chi connectivity index (χ1v) is 7.43. The summed E-state index contributed by atoms with van der Waals surface area (Å²) < 4.78 is 0. The molecule has 100 valence electrons. The molecule has 0 aromatic rings. The molecule has 2 fully saturated rings. The van der Waals surface area contributed by atoms with E-state index >= 15 is 0 Å². The minimum atomic E-state index is 0.726. The normalized spacial score (nSPS) is 29.5. The number of nitrogens with zero attached hydrogens (tertiary/aromatic N) is 2. The summed E-state index contributed by atoms with van der Waals surface area (Å²) in [5.41, 5.74) is 0.